The normalized spacial score (nSPS) is 33.7. The van der Waals surface area contributed by atoms with Crippen molar-refractivity contribution in [2.45, 2.75) is 88.0 Å². The Kier molecular flexibility index (Phi) is 5.23. The van der Waals surface area contributed by atoms with Gasteiger partial charge in [-0.1, -0.05) is 19.3 Å². The Morgan fingerprint density at radius 1 is 1.07 bits per heavy atom. The minimum atomic E-state index is -3.45. The smallest absolute Gasteiger partial charge is 0.320 e. The minimum Gasteiger partial charge on any atom is -0.320 e. The molecule has 3 atom stereocenters. The van der Waals surface area contributed by atoms with Crippen molar-refractivity contribution < 1.29 is 18.0 Å². The summed E-state index contributed by atoms with van der Waals surface area (Å²) in [5, 5.41) is -0.548. The van der Waals surface area contributed by atoms with Gasteiger partial charge in [0, 0.05) is 25.2 Å². The fraction of sp³-hybridized carbons (Fsp3) is 0.900. The van der Waals surface area contributed by atoms with Gasteiger partial charge in [-0.05, 0) is 57.8 Å². The van der Waals surface area contributed by atoms with Crippen LogP contribution < -0.4 is 4.72 Å². The van der Waals surface area contributed by atoms with E-state index < -0.39 is 21.2 Å². The average molecular weight is 412 g/mol. The van der Waals surface area contributed by atoms with Gasteiger partial charge in [0.05, 0.1) is 11.2 Å². The number of imide groups is 1. The van der Waals surface area contributed by atoms with Crippen molar-refractivity contribution in [1.29, 1.82) is 0 Å². The fourth-order valence-electron chi connectivity index (χ4n) is 5.29. The molecule has 4 aliphatic rings. The molecule has 0 aromatic heterocycles. The Morgan fingerprint density at radius 3 is 2.39 bits per heavy atom. The molecule has 3 saturated carbocycles. The van der Waals surface area contributed by atoms with Crippen molar-refractivity contribution in [1.82, 2.24) is 14.5 Å². The van der Waals surface area contributed by atoms with Gasteiger partial charge in [-0.3, -0.25) is 9.69 Å². The van der Waals surface area contributed by atoms with Gasteiger partial charge in [-0.15, -0.1) is 0 Å². The van der Waals surface area contributed by atoms with E-state index in [1.807, 2.05) is 11.8 Å². The summed E-state index contributed by atoms with van der Waals surface area (Å²) in [7, 11) is -1.91. The Hall–Kier alpha value is -1.15. The second-order valence-electron chi connectivity index (χ2n) is 9.65. The Bertz CT molecular complexity index is 743. The molecule has 3 aliphatic carbocycles. The summed E-state index contributed by atoms with van der Waals surface area (Å²) in [5.74, 6) is -0.126. The van der Waals surface area contributed by atoms with Crippen LogP contribution in [0.15, 0.2) is 0 Å². The number of sulfonamides is 1. The van der Waals surface area contributed by atoms with Crippen LogP contribution in [0.5, 0.6) is 0 Å². The summed E-state index contributed by atoms with van der Waals surface area (Å²) >= 11 is 0. The van der Waals surface area contributed by atoms with E-state index in [2.05, 4.69) is 4.72 Å². The van der Waals surface area contributed by atoms with Crippen molar-refractivity contribution in [2.75, 3.05) is 13.6 Å². The van der Waals surface area contributed by atoms with Gasteiger partial charge < -0.3 is 4.90 Å². The molecule has 3 unspecified atom stereocenters. The predicted octanol–water partition coefficient (Wildman–Crippen LogP) is 2.47. The highest BCUT2D eigenvalue weighted by atomic mass is 32.2. The van der Waals surface area contributed by atoms with Crippen molar-refractivity contribution >= 4 is 22.0 Å². The molecular formula is C20H33N3O4S. The summed E-state index contributed by atoms with van der Waals surface area (Å²) in [6, 6.07) is -0.358. The molecule has 158 valence electrons. The van der Waals surface area contributed by atoms with Crippen LogP contribution in [-0.2, 0) is 14.8 Å². The molecule has 0 spiro atoms. The molecule has 4 rings (SSSR count). The van der Waals surface area contributed by atoms with E-state index >= 15 is 0 Å². The van der Waals surface area contributed by atoms with Gasteiger partial charge >= 0.3 is 6.03 Å². The second kappa shape index (κ2) is 7.27. The summed E-state index contributed by atoms with van der Waals surface area (Å²) in [6.45, 7) is 2.63. The van der Waals surface area contributed by atoms with E-state index in [0.29, 0.717) is 31.7 Å². The largest absolute Gasteiger partial charge is 0.326 e. The standard InChI is InChI=1S/C20H33N3O4S/c1-20(10-11-20)21-28(26,27)15-8-9-17-16(12-15)18(24)22(2)19(25)23(17)13-14-6-4-3-5-7-14/h14-17,21H,3-13H2,1-2H3. The molecule has 1 heterocycles. The van der Waals surface area contributed by atoms with Crippen LogP contribution in [0.1, 0.15) is 71.1 Å². The van der Waals surface area contributed by atoms with Crippen LogP contribution in [0.4, 0.5) is 4.79 Å². The van der Waals surface area contributed by atoms with Gasteiger partial charge in [-0.2, -0.15) is 0 Å². The highest BCUT2D eigenvalue weighted by molar-refractivity contribution is 7.90. The average Bonchev–Trinajstić information content (AvgIpc) is 3.39. The number of urea groups is 1. The number of rotatable bonds is 5. The molecule has 1 saturated heterocycles. The molecule has 1 aliphatic heterocycles. The molecule has 28 heavy (non-hydrogen) atoms. The van der Waals surface area contributed by atoms with E-state index in [9.17, 15) is 18.0 Å². The Labute approximate surface area is 168 Å². The third-order valence-electron chi connectivity index (χ3n) is 7.35. The fourth-order valence-corrected chi connectivity index (χ4v) is 7.26. The van der Waals surface area contributed by atoms with Gasteiger partial charge in [0.15, 0.2) is 0 Å². The lowest BCUT2D eigenvalue weighted by Gasteiger charge is -2.48. The van der Waals surface area contributed by atoms with Crippen molar-refractivity contribution in [3.8, 4) is 0 Å². The number of hydrogen-bond acceptors (Lipinski definition) is 4. The van der Waals surface area contributed by atoms with E-state index in [4.69, 9.17) is 0 Å². The number of nitrogens with zero attached hydrogens (tertiary/aromatic N) is 2. The van der Waals surface area contributed by atoms with Gasteiger partial charge in [0.2, 0.25) is 15.9 Å². The highest BCUT2D eigenvalue weighted by Gasteiger charge is 2.51. The molecule has 0 aromatic carbocycles. The number of amides is 3. The van der Waals surface area contributed by atoms with Gasteiger partial charge in [-0.25, -0.2) is 17.9 Å². The van der Waals surface area contributed by atoms with Crippen LogP contribution in [0, 0.1) is 11.8 Å². The molecular weight excluding hydrogens is 378 g/mol. The maximum absolute atomic E-state index is 12.9. The van der Waals surface area contributed by atoms with Crippen LogP contribution in [-0.4, -0.2) is 60.6 Å². The molecule has 0 bridgehead atoms. The quantitative estimate of drug-likeness (QED) is 0.753. The van der Waals surface area contributed by atoms with Crippen LogP contribution in [0.3, 0.4) is 0 Å². The number of carbonyl (C=O) groups excluding carboxylic acids is 2. The van der Waals surface area contributed by atoms with Crippen LogP contribution in [0.2, 0.25) is 0 Å². The number of hydrogen-bond donors (Lipinski definition) is 1. The topological polar surface area (TPSA) is 86.8 Å². The third-order valence-corrected chi connectivity index (χ3v) is 9.44. The summed E-state index contributed by atoms with van der Waals surface area (Å²) < 4.78 is 28.6. The van der Waals surface area contributed by atoms with Gasteiger partial charge in [0.25, 0.3) is 0 Å². The zero-order chi connectivity index (χ0) is 20.1. The van der Waals surface area contributed by atoms with Crippen molar-refractivity contribution in [3.63, 3.8) is 0 Å². The summed E-state index contributed by atoms with van der Waals surface area (Å²) in [4.78, 5) is 28.8. The minimum absolute atomic E-state index is 0.152. The van der Waals surface area contributed by atoms with E-state index in [1.165, 1.54) is 31.2 Å². The summed E-state index contributed by atoms with van der Waals surface area (Å²) in [5.41, 5.74) is -0.300. The second-order valence-corrected chi connectivity index (χ2v) is 11.6. The zero-order valence-electron chi connectivity index (χ0n) is 17.0. The molecule has 3 amide bonds. The maximum atomic E-state index is 12.9. The first-order chi connectivity index (χ1) is 13.2. The van der Waals surface area contributed by atoms with Crippen LogP contribution >= 0.6 is 0 Å². The van der Waals surface area contributed by atoms with Crippen LogP contribution in [0.25, 0.3) is 0 Å². The Balaban J connectivity index is 1.50. The first-order valence-electron chi connectivity index (χ1n) is 10.8. The Morgan fingerprint density at radius 2 is 1.75 bits per heavy atom. The number of nitrogens with one attached hydrogen (secondary N) is 1. The molecule has 8 heteroatoms. The zero-order valence-corrected chi connectivity index (χ0v) is 17.8. The monoisotopic (exact) mass is 411 g/mol. The lowest BCUT2D eigenvalue weighted by molar-refractivity contribution is -0.139. The van der Waals surface area contributed by atoms with Crippen molar-refractivity contribution in [3.05, 3.63) is 0 Å². The molecule has 0 radical (unpaired) electrons. The maximum Gasteiger partial charge on any atom is 0.326 e. The van der Waals surface area contributed by atoms with Gasteiger partial charge in [0.1, 0.15) is 0 Å². The highest BCUT2D eigenvalue weighted by Crippen LogP contribution is 2.40. The third kappa shape index (κ3) is 3.82. The number of fused-ring (bicyclic) bond motifs is 1. The molecule has 7 nitrogen and oxygen atoms in total. The number of carbonyl (C=O) groups is 2. The molecule has 1 N–H and O–H groups in total. The van der Waals surface area contributed by atoms with E-state index in [0.717, 1.165) is 25.7 Å². The lowest BCUT2D eigenvalue weighted by atomic mass is 9.80. The molecule has 4 fully saturated rings. The SMILES string of the molecule is CN1C(=O)C2CC(S(=O)(=O)NC3(C)CC3)CCC2N(CC2CCCCC2)C1=O. The first-order valence-corrected chi connectivity index (χ1v) is 12.4. The van der Waals surface area contributed by atoms with Crippen molar-refractivity contribution in [2.24, 2.45) is 11.8 Å². The molecule has 0 aromatic rings. The lowest BCUT2D eigenvalue weighted by Crippen LogP contribution is -2.63. The predicted molar refractivity (Wildman–Crippen MR) is 106 cm³/mol. The summed E-state index contributed by atoms with van der Waals surface area (Å²) in [6.07, 6.45) is 9.11. The first kappa shape index (κ1) is 20.1. The van der Waals surface area contributed by atoms with E-state index in [1.54, 1.807) is 0 Å². The van der Waals surface area contributed by atoms with E-state index in [-0.39, 0.29) is 23.5 Å².